The van der Waals surface area contributed by atoms with Crippen LogP contribution in [0, 0.1) is 0 Å². The summed E-state index contributed by atoms with van der Waals surface area (Å²) in [5.74, 6) is 0. The standard InChI is InChI=1S/C8H12F3N.C2H6/c1-4-5-7(8(9,10)11)12-6(2)3;1-2/h4-6H,1-3H3;1-2H3/b5-4-,12-7?;. The second-order valence-corrected chi connectivity index (χ2v) is 2.61. The molecule has 0 aliphatic heterocycles. The van der Waals surface area contributed by atoms with Gasteiger partial charge in [0.15, 0.2) is 0 Å². The largest absolute Gasteiger partial charge is 0.432 e. The summed E-state index contributed by atoms with van der Waals surface area (Å²) in [5.41, 5.74) is -0.819. The van der Waals surface area contributed by atoms with Crippen molar-refractivity contribution < 1.29 is 13.2 Å². The van der Waals surface area contributed by atoms with Crippen LogP contribution < -0.4 is 0 Å². The van der Waals surface area contributed by atoms with E-state index in [2.05, 4.69) is 4.99 Å². The Kier molecular flexibility index (Phi) is 8.49. The highest BCUT2D eigenvalue weighted by Crippen LogP contribution is 2.18. The van der Waals surface area contributed by atoms with Crippen molar-refractivity contribution in [3.05, 3.63) is 12.2 Å². The first-order valence-electron chi connectivity index (χ1n) is 4.65. The number of halogens is 3. The number of aliphatic imine (C=N–C) groups is 1. The second-order valence-electron chi connectivity index (χ2n) is 2.61. The summed E-state index contributed by atoms with van der Waals surface area (Å²) in [6.07, 6.45) is -2.04. The average Bonchev–Trinajstić information content (AvgIpc) is 2.05. The molecule has 0 N–H and O–H groups in total. The highest BCUT2D eigenvalue weighted by Gasteiger charge is 2.33. The van der Waals surface area contributed by atoms with Gasteiger partial charge in [0.1, 0.15) is 5.71 Å². The van der Waals surface area contributed by atoms with Crippen LogP contribution in [0.25, 0.3) is 0 Å². The first-order chi connectivity index (χ1) is 6.38. The third kappa shape index (κ3) is 7.83. The lowest BCUT2D eigenvalue weighted by atomic mass is 10.3. The van der Waals surface area contributed by atoms with Crippen LogP contribution in [0.1, 0.15) is 34.6 Å². The molecule has 0 aromatic heterocycles. The quantitative estimate of drug-likeness (QED) is 0.609. The Balaban J connectivity index is 0. The van der Waals surface area contributed by atoms with Gasteiger partial charge in [-0.05, 0) is 26.8 Å². The maximum absolute atomic E-state index is 12.1. The zero-order valence-corrected chi connectivity index (χ0v) is 9.31. The number of rotatable bonds is 2. The Morgan fingerprint density at radius 1 is 1.21 bits per heavy atom. The Bertz CT molecular complexity index is 190. The van der Waals surface area contributed by atoms with E-state index in [1.165, 1.54) is 13.0 Å². The predicted molar refractivity (Wildman–Crippen MR) is 54.8 cm³/mol. The monoisotopic (exact) mass is 209 g/mol. The van der Waals surface area contributed by atoms with Gasteiger partial charge in [0.2, 0.25) is 0 Å². The average molecular weight is 209 g/mol. The van der Waals surface area contributed by atoms with Crippen molar-refractivity contribution in [2.24, 2.45) is 4.99 Å². The minimum atomic E-state index is -4.34. The molecule has 0 rings (SSSR count). The van der Waals surface area contributed by atoms with Crippen molar-refractivity contribution in [2.45, 2.75) is 46.8 Å². The molecule has 0 heterocycles. The number of hydrogen-bond donors (Lipinski definition) is 0. The molecule has 14 heavy (non-hydrogen) atoms. The molecular formula is C10H18F3N. The lowest BCUT2D eigenvalue weighted by Gasteiger charge is -2.07. The van der Waals surface area contributed by atoms with Crippen LogP contribution in [0.15, 0.2) is 17.1 Å². The molecular weight excluding hydrogens is 191 g/mol. The molecule has 0 fully saturated rings. The number of nitrogens with zero attached hydrogens (tertiary/aromatic N) is 1. The number of alkyl halides is 3. The molecule has 0 saturated heterocycles. The van der Waals surface area contributed by atoms with Gasteiger partial charge in [-0.15, -0.1) is 0 Å². The van der Waals surface area contributed by atoms with Gasteiger partial charge in [0, 0.05) is 6.04 Å². The van der Waals surface area contributed by atoms with Crippen molar-refractivity contribution in [3.8, 4) is 0 Å². The molecule has 0 bridgehead atoms. The van der Waals surface area contributed by atoms with Crippen LogP contribution in [0.5, 0.6) is 0 Å². The summed E-state index contributed by atoms with van der Waals surface area (Å²) in [6.45, 7) is 8.74. The van der Waals surface area contributed by atoms with Gasteiger partial charge in [-0.3, -0.25) is 4.99 Å². The molecule has 0 radical (unpaired) electrons. The minimum Gasteiger partial charge on any atom is -0.278 e. The molecule has 0 aliphatic rings. The molecule has 0 aliphatic carbocycles. The van der Waals surface area contributed by atoms with Gasteiger partial charge < -0.3 is 0 Å². The highest BCUT2D eigenvalue weighted by molar-refractivity contribution is 5.99. The molecule has 0 amide bonds. The van der Waals surface area contributed by atoms with Crippen molar-refractivity contribution >= 4 is 5.71 Å². The molecule has 1 nitrogen and oxygen atoms in total. The Morgan fingerprint density at radius 2 is 1.64 bits per heavy atom. The van der Waals surface area contributed by atoms with Crippen molar-refractivity contribution in [1.82, 2.24) is 0 Å². The normalized spacial score (nSPS) is 13.1. The summed E-state index contributed by atoms with van der Waals surface area (Å²) >= 11 is 0. The van der Waals surface area contributed by atoms with E-state index < -0.39 is 11.9 Å². The molecule has 0 aromatic carbocycles. The van der Waals surface area contributed by atoms with Crippen molar-refractivity contribution in [3.63, 3.8) is 0 Å². The SMILES string of the molecule is C/C=C\C(=NC(C)C)C(F)(F)F.CC. The minimum absolute atomic E-state index is 0.335. The smallest absolute Gasteiger partial charge is 0.278 e. The van der Waals surface area contributed by atoms with Gasteiger partial charge in [-0.25, -0.2) is 0 Å². The number of allylic oxidation sites excluding steroid dienone is 2. The van der Waals surface area contributed by atoms with Crippen LogP contribution in [0.3, 0.4) is 0 Å². The summed E-state index contributed by atoms with van der Waals surface area (Å²) in [5, 5.41) is 0. The van der Waals surface area contributed by atoms with Crippen LogP contribution in [0.4, 0.5) is 13.2 Å². The topological polar surface area (TPSA) is 12.4 Å². The van der Waals surface area contributed by atoms with E-state index in [4.69, 9.17) is 0 Å². The summed E-state index contributed by atoms with van der Waals surface area (Å²) in [4.78, 5) is 3.44. The van der Waals surface area contributed by atoms with Gasteiger partial charge in [-0.2, -0.15) is 13.2 Å². The van der Waals surface area contributed by atoms with E-state index in [1.807, 2.05) is 13.8 Å². The van der Waals surface area contributed by atoms with Crippen LogP contribution in [-0.4, -0.2) is 17.9 Å². The third-order valence-corrected chi connectivity index (χ3v) is 1.01. The zero-order valence-electron chi connectivity index (χ0n) is 9.31. The number of hydrogen-bond acceptors (Lipinski definition) is 1. The lowest BCUT2D eigenvalue weighted by Crippen LogP contribution is -2.22. The summed E-state index contributed by atoms with van der Waals surface area (Å²) < 4.78 is 36.3. The molecule has 0 atom stereocenters. The fourth-order valence-electron chi connectivity index (χ4n) is 0.647. The Hall–Kier alpha value is -0.800. The fourth-order valence-corrected chi connectivity index (χ4v) is 0.647. The van der Waals surface area contributed by atoms with Crippen LogP contribution in [0.2, 0.25) is 0 Å². The second kappa shape index (κ2) is 7.59. The first-order valence-corrected chi connectivity index (χ1v) is 4.65. The molecule has 0 unspecified atom stereocenters. The Labute approximate surface area is 83.7 Å². The zero-order chi connectivity index (χ0) is 11.8. The third-order valence-electron chi connectivity index (χ3n) is 1.01. The first kappa shape index (κ1) is 15.7. The maximum Gasteiger partial charge on any atom is 0.432 e. The van der Waals surface area contributed by atoms with Crippen LogP contribution >= 0.6 is 0 Å². The highest BCUT2D eigenvalue weighted by atomic mass is 19.4. The van der Waals surface area contributed by atoms with Gasteiger partial charge in [0.05, 0.1) is 0 Å². The van der Waals surface area contributed by atoms with E-state index in [-0.39, 0.29) is 6.04 Å². The summed E-state index contributed by atoms with van der Waals surface area (Å²) in [6, 6.07) is -0.335. The van der Waals surface area contributed by atoms with Gasteiger partial charge in [0.25, 0.3) is 0 Å². The lowest BCUT2D eigenvalue weighted by molar-refractivity contribution is -0.0580. The van der Waals surface area contributed by atoms with Crippen molar-refractivity contribution in [2.75, 3.05) is 0 Å². The molecule has 0 spiro atoms. The van der Waals surface area contributed by atoms with E-state index in [9.17, 15) is 13.2 Å². The van der Waals surface area contributed by atoms with E-state index in [0.717, 1.165) is 6.08 Å². The molecule has 84 valence electrons. The van der Waals surface area contributed by atoms with E-state index in [0.29, 0.717) is 0 Å². The summed E-state index contributed by atoms with van der Waals surface area (Å²) in [7, 11) is 0. The van der Waals surface area contributed by atoms with Crippen molar-refractivity contribution in [1.29, 1.82) is 0 Å². The Morgan fingerprint density at radius 3 is 1.86 bits per heavy atom. The molecule has 0 aromatic rings. The van der Waals surface area contributed by atoms with E-state index in [1.54, 1.807) is 13.8 Å². The molecule has 0 saturated carbocycles. The van der Waals surface area contributed by atoms with E-state index >= 15 is 0 Å². The maximum atomic E-state index is 12.1. The molecule has 4 heteroatoms. The fraction of sp³-hybridized carbons (Fsp3) is 0.700. The van der Waals surface area contributed by atoms with Crippen LogP contribution in [-0.2, 0) is 0 Å². The van der Waals surface area contributed by atoms with Gasteiger partial charge >= 0.3 is 6.18 Å². The predicted octanol–water partition coefficient (Wildman–Crippen LogP) is 4.00. The van der Waals surface area contributed by atoms with Gasteiger partial charge in [-0.1, -0.05) is 19.9 Å².